The van der Waals surface area contributed by atoms with Crippen molar-refractivity contribution in [3.05, 3.63) is 29.6 Å². The molecule has 0 atom stereocenters. The van der Waals surface area contributed by atoms with E-state index in [2.05, 4.69) is 0 Å². The van der Waals surface area contributed by atoms with Crippen molar-refractivity contribution in [3.63, 3.8) is 0 Å². The van der Waals surface area contributed by atoms with Crippen molar-refractivity contribution in [2.45, 2.75) is 12.8 Å². The van der Waals surface area contributed by atoms with Gasteiger partial charge in [-0.05, 0) is 31.0 Å². The predicted molar refractivity (Wildman–Crippen MR) is 45.4 cm³/mol. The second kappa shape index (κ2) is 4.07. The molecule has 1 rings (SSSR count). The molecule has 0 radical (unpaired) electrons. The Morgan fingerprint density at radius 2 is 2.17 bits per heavy atom. The van der Waals surface area contributed by atoms with Gasteiger partial charge >= 0.3 is 0 Å². The summed E-state index contributed by atoms with van der Waals surface area (Å²) in [6.45, 7) is 0.556. The molecule has 0 saturated heterocycles. The third-order valence-electron chi connectivity index (χ3n) is 1.69. The van der Waals surface area contributed by atoms with E-state index in [0.717, 1.165) is 12.5 Å². The lowest BCUT2D eigenvalue weighted by Crippen LogP contribution is -2.01. The van der Waals surface area contributed by atoms with Crippen LogP contribution in [0.5, 0.6) is 5.75 Å². The van der Waals surface area contributed by atoms with E-state index < -0.39 is 0 Å². The van der Waals surface area contributed by atoms with Crippen LogP contribution in [0, 0.1) is 5.82 Å². The van der Waals surface area contributed by atoms with E-state index in [1.54, 1.807) is 6.07 Å². The number of phenols is 1. The van der Waals surface area contributed by atoms with Gasteiger partial charge in [0.25, 0.3) is 0 Å². The minimum Gasteiger partial charge on any atom is -0.508 e. The summed E-state index contributed by atoms with van der Waals surface area (Å²) in [5, 5.41) is 8.90. The van der Waals surface area contributed by atoms with Crippen molar-refractivity contribution in [1.82, 2.24) is 0 Å². The van der Waals surface area contributed by atoms with Crippen molar-refractivity contribution >= 4 is 0 Å². The summed E-state index contributed by atoms with van der Waals surface area (Å²) in [6.07, 6.45) is 1.39. The summed E-state index contributed by atoms with van der Waals surface area (Å²) in [4.78, 5) is 0. The van der Waals surface area contributed by atoms with Gasteiger partial charge in [0.05, 0.1) is 0 Å². The van der Waals surface area contributed by atoms with Gasteiger partial charge in [-0.15, -0.1) is 0 Å². The van der Waals surface area contributed by atoms with Crippen molar-refractivity contribution in [2.24, 2.45) is 5.73 Å². The highest BCUT2D eigenvalue weighted by molar-refractivity contribution is 5.27. The van der Waals surface area contributed by atoms with Gasteiger partial charge in [-0.3, -0.25) is 0 Å². The zero-order chi connectivity index (χ0) is 8.97. The first-order chi connectivity index (χ1) is 5.74. The summed E-state index contributed by atoms with van der Waals surface area (Å²) >= 11 is 0. The molecule has 3 heteroatoms. The summed E-state index contributed by atoms with van der Waals surface area (Å²) in [7, 11) is 0. The molecular weight excluding hydrogens is 157 g/mol. The highest BCUT2D eigenvalue weighted by atomic mass is 19.1. The van der Waals surface area contributed by atoms with Gasteiger partial charge in [-0.2, -0.15) is 0 Å². The van der Waals surface area contributed by atoms with E-state index in [0.29, 0.717) is 18.5 Å². The SMILES string of the molecule is NCCCc1ccc(O)cc1F. The standard InChI is InChI=1S/C9H12FNO/c10-9-6-8(12)4-3-7(9)2-1-5-11/h3-4,6,12H,1-2,5,11H2. The number of rotatable bonds is 3. The number of hydrogen-bond acceptors (Lipinski definition) is 2. The molecule has 0 spiro atoms. The molecule has 0 heterocycles. The maximum Gasteiger partial charge on any atom is 0.130 e. The zero-order valence-corrected chi connectivity index (χ0v) is 6.76. The Bertz CT molecular complexity index is 263. The average Bonchev–Trinajstić information content (AvgIpc) is 2.03. The number of aromatic hydroxyl groups is 1. The third kappa shape index (κ3) is 2.20. The summed E-state index contributed by atoms with van der Waals surface area (Å²) < 4.78 is 13.0. The first-order valence-corrected chi connectivity index (χ1v) is 3.91. The molecule has 0 aliphatic carbocycles. The first-order valence-electron chi connectivity index (χ1n) is 3.91. The Morgan fingerprint density at radius 1 is 1.42 bits per heavy atom. The fourth-order valence-electron chi connectivity index (χ4n) is 1.03. The Morgan fingerprint density at radius 3 is 2.75 bits per heavy atom. The number of hydrogen-bond donors (Lipinski definition) is 2. The largest absolute Gasteiger partial charge is 0.508 e. The van der Waals surface area contributed by atoms with Gasteiger partial charge in [0, 0.05) is 6.07 Å². The average molecular weight is 169 g/mol. The van der Waals surface area contributed by atoms with Gasteiger partial charge in [0.1, 0.15) is 11.6 Å². The molecule has 0 saturated carbocycles. The lowest BCUT2D eigenvalue weighted by atomic mass is 10.1. The van der Waals surface area contributed by atoms with E-state index in [1.807, 2.05) is 0 Å². The molecule has 1 aromatic carbocycles. The van der Waals surface area contributed by atoms with Crippen molar-refractivity contribution < 1.29 is 9.50 Å². The quantitative estimate of drug-likeness (QED) is 0.718. The second-order valence-electron chi connectivity index (χ2n) is 2.67. The monoisotopic (exact) mass is 169 g/mol. The minimum atomic E-state index is -0.358. The maximum absolute atomic E-state index is 13.0. The summed E-state index contributed by atoms with van der Waals surface area (Å²) in [5.74, 6) is -0.396. The number of nitrogens with two attached hydrogens (primary N) is 1. The lowest BCUT2D eigenvalue weighted by molar-refractivity contribution is 0.467. The Kier molecular flexibility index (Phi) is 3.05. The van der Waals surface area contributed by atoms with Gasteiger partial charge in [-0.1, -0.05) is 6.07 Å². The molecule has 66 valence electrons. The molecule has 0 aliphatic heterocycles. The van der Waals surface area contributed by atoms with Gasteiger partial charge in [0.2, 0.25) is 0 Å². The fourth-order valence-corrected chi connectivity index (χ4v) is 1.03. The van der Waals surface area contributed by atoms with Crippen LogP contribution in [0.25, 0.3) is 0 Å². The molecule has 0 aromatic heterocycles. The molecule has 0 amide bonds. The van der Waals surface area contributed by atoms with E-state index >= 15 is 0 Å². The van der Waals surface area contributed by atoms with E-state index in [9.17, 15) is 4.39 Å². The van der Waals surface area contributed by atoms with Crippen LogP contribution in [0.3, 0.4) is 0 Å². The third-order valence-corrected chi connectivity index (χ3v) is 1.69. The van der Waals surface area contributed by atoms with Gasteiger partial charge < -0.3 is 10.8 Å². The van der Waals surface area contributed by atoms with Crippen LogP contribution >= 0.6 is 0 Å². The van der Waals surface area contributed by atoms with Gasteiger partial charge in [-0.25, -0.2) is 4.39 Å². The molecule has 12 heavy (non-hydrogen) atoms. The number of aryl methyl sites for hydroxylation is 1. The van der Waals surface area contributed by atoms with Crippen molar-refractivity contribution in [3.8, 4) is 5.75 Å². The van der Waals surface area contributed by atoms with E-state index in [1.165, 1.54) is 6.07 Å². The molecule has 2 nitrogen and oxygen atoms in total. The molecular formula is C9H12FNO. The fraction of sp³-hybridized carbons (Fsp3) is 0.333. The highest BCUT2D eigenvalue weighted by Gasteiger charge is 2.01. The Balaban J connectivity index is 2.72. The second-order valence-corrected chi connectivity index (χ2v) is 2.67. The molecule has 0 bridgehead atoms. The highest BCUT2D eigenvalue weighted by Crippen LogP contribution is 2.15. The van der Waals surface area contributed by atoms with E-state index in [4.69, 9.17) is 10.8 Å². The van der Waals surface area contributed by atoms with Crippen LogP contribution in [0.4, 0.5) is 4.39 Å². The molecule has 0 unspecified atom stereocenters. The van der Waals surface area contributed by atoms with Crippen molar-refractivity contribution in [1.29, 1.82) is 0 Å². The van der Waals surface area contributed by atoms with Crippen LogP contribution in [0.15, 0.2) is 18.2 Å². The van der Waals surface area contributed by atoms with Crippen LogP contribution in [0.1, 0.15) is 12.0 Å². The maximum atomic E-state index is 13.0. The number of benzene rings is 1. The number of halogens is 1. The molecule has 0 aliphatic rings. The molecule has 3 N–H and O–H groups in total. The topological polar surface area (TPSA) is 46.2 Å². The summed E-state index contributed by atoms with van der Waals surface area (Å²) in [5.41, 5.74) is 5.89. The molecule has 1 aromatic rings. The summed E-state index contributed by atoms with van der Waals surface area (Å²) in [6, 6.07) is 4.18. The lowest BCUT2D eigenvalue weighted by Gasteiger charge is -2.01. The van der Waals surface area contributed by atoms with Crippen LogP contribution in [0.2, 0.25) is 0 Å². The Hall–Kier alpha value is -1.09. The van der Waals surface area contributed by atoms with Crippen LogP contribution in [-0.2, 0) is 6.42 Å². The van der Waals surface area contributed by atoms with Gasteiger partial charge in [0.15, 0.2) is 0 Å². The minimum absolute atomic E-state index is 0.0380. The Labute approximate surface area is 70.8 Å². The smallest absolute Gasteiger partial charge is 0.130 e. The van der Waals surface area contributed by atoms with Crippen LogP contribution < -0.4 is 5.73 Å². The van der Waals surface area contributed by atoms with Crippen LogP contribution in [-0.4, -0.2) is 11.7 Å². The molecule has 0 fully saturated rings. The predicted octanol–water partition coefficient (Wildman–Crippen LogP) is 1.42. The van der Waals surface area contributed by atoms with E-state index in [-0.39, 0.29) is 11.6 Å². The van der Waals surface area contributed by atoms with Crippen molar-refractivity contribution in [2.75, 3.05) is 6.54 Å². The normalized spacial score (nSPS) is 10.2. The zero-order valence-electron chi connectivity index (χ0n) is 6.76. The first kappa shape index (κ1) is 9.00. The number of phenolic OH excluding ortho intramolecular Hbond substituents is 1.